The molecule has 0 spiro atoms. The first kappa shape index (κ1) is 27.3. The summed E-state index contributed by atoms with van der Waals surface area (Å²) in [5, 5.41) is 2.86. The van der Waals surface area contributed by atoms with Gasteiger partial charge in [0.15, 0.2) is 12.1 Å². The van der Waals surface area contributed by atoms with Crippen LogP contribution in [0.15, 0.2) is 29.3 Å². The van der Waals surface area contributed by atoms with Crippen LogP contribution < -0.4 is 15.8 Å². The molecule has 2 unspecified atom stereocenters. The SMILES string of the molecule is CCC1(CC)CC(=O)N(CC2C([C@H](C)C(=O)N[C@H]3C[C@H](C(F)(F)F)Oc4ccccc43)C2(C)C)C(N)=N1. The van der Waals surface area contributed by atoms with Crippen molar-refractivity contribution in [2.24, 2.45) is 33.9 Å². The highest BCUT2D eigenvalue weighted by Crippen LogP contribution is 2.62. The Bertz CT molecular complexity index is 1080. The number of carbonyl (C=O) groups excluding carboxylic acids is 2. The van der Waals surface area contributed by atoms with Crippen molar-refractivity contribution in [2.75, 3.05) is 6.54 Å². The molecule has 204 valence electrons. The zero-order valence-electron chi connectivity index (χ0n) is 22.1. The third kappa shape index (κ3) is 5.03. The van der Waals surface area contributed by atoms with Gasteiger partial charge in [-0.1, -0.05) is 52.8 Å². The highest BCUT2D eigenvalue weighted by Gasteiger charge is 2.62. The second-order valence-corrected chi connectivity index (χ2v) is 11.3. The molecular weight excluding hydrogens is 485 g/mol. The van der Waals surface area contributed by atoms with Gasteiger partial charge in [-0.3, -0.25) is 14.5 Å². The minimum atomic E-state index is -4.54. The van der Waals surface area contributed by atoms with Crippen LogP contribution in [0, 0.1) is 23.2 Å². The monoisotopic (exact) mass is 522 g/mol. The van der Waals surface area contributed by atoms with Crippen LogP contribution in [-0.4, -0.2) is 47.0 Å². The summed E-state index contributed by atoms with van der Waals surface area (Å²) < 4.78 is 45.6. The lowest BCUT2D eigenvalue weighted by Crippen LogP contribution is -2.52. The Hall–Kier alpha value is -2.78. The first-order valence-corrected chi connectivity index (χ1v) is 13.0. The Labute approximate surface area is 216 Å². The van der Waals surface area contributed by atoms with E-state index < -0.39 is 29.8 Å². The van der Waals surface area contributed by atoms with Gasteiger partial charge in [0.25, 0.3) is 0 Å². The largest absolute Gasteiger partial charge is 0.480 e. The lowest BCUT2D eigenvalue weighted by Gasteiger charge is -2.36. The van der Waals surface area contributed by atoms with Gasteiger partial charge in [-0.25, -0.2) is 4.99 Å². The van der Waals surface area contributed by atoms with E-state index in [-0.39, 0.29) is 47.2 Å². The van der Waals surface area contributed by atoms with E-state index in [0.29, 0.717) is 18.5 Å². The van der Waals surface area contributed by atoms with E-state index in [1.807, 2.05) is 27.7 Å². The molecule has 0 aromatic heterocycles. The number of fused-ring (bicyclic) bond motifs is 1. The quantitative estimate of drug-likeness (QED) is 0.548. The number of nitrogens with one attached hydrogen (secondary N) is 1. The Morgan fingerprint density at radius 3 is 2.51 bits per heavy atom. The molecule has 1 aliphatic carbocycles. The Morgan fingerprint density at radius 1 is 1.27 bits per heavy atom. The van der Waals surface area contributed by atoms with Crippen LogP contribution in [0.2, 0.25) is 0 Å². The molecule has 37 heavy (non-hydrogen) atoms. The van der Waals surface area contributed by atoms with Crippen molar-refractivity contribution in [1.82, 2.24) is 10.2 Å². The molecule has 1 aromatic rings. The number of ether oxygens (including phenoxy) is 1. The lowest BCUT2D eigenvalue weighted by molar-refractivity contribution is -0.201. The molecule has 7 nitrogen and oxygen atoms in total. The van der Waals surface area contributed by atoms with Crippen molar-refractivity contribution >= 4 is 17.8 Å². The number of hydrogen-bond donors (Lipinski definition) is 2. The summed E-state index contributed by atoms with van der Waals surface area (Å²) in [5.41, 5.74) is 6.06. The number of halogens is 3. The lowest BCUT2D eigenvalue weighted by atomic mass is 9.88. The van der Waals surface area contributed by atoms with Crippen molar-refractivity contribution in [3.05, 3.63) is 29.8 Å². The topological polar surface area (TPSA) is 97.0 Å². The van der Waals surface area contributed by atoms with Crippen LogP contribution in [0.1, 0.15) is 71.9 Å². The van der Waals surface area contributed by atoms with E-state index in [2.05, 4.69) is 10.3 Å². The number of rotatable bonds is 7. The van der Waals surface area contributed by atoms with E-state index >= 15 is 0 Å². The van der Waals surface area contributed by atoms with Crippen molar-refractivity contribution in [3.8, 4) is 5.75 Å². The zero-order chi connectivity index (χ0) is 27.3. The van der Waals surface area contributed by atoms with Crippen LogP contribution in [0.4, 0.5) is 13.2 Å². The number of para-hydroxylation sites is 1. The number of guanidine groups is 1. The highest BCUT2D eigenvalue weighted by molar-refractivity contribution is 5.99. The van der Waals surface area contributed by atoms with Gasteiger partial charge in [-0.05, 0) is 36.2 Å². The maximum absolute atomic E-state index is 13.5. The number of nitrogens with two attached hydrogens (primary N) is 1. The molecule has 1 aromatic carbocycles. The number of carbonyl (C=O) groups is 2. The fourth-order valence-corrected chi connectivity index (χ4v) is 6.25. The number of aliphatic imine (C=N–C) groups is 1. The Kier molecular flexibility index (Phi) is 7.01. The summed E-state index contributed by atoms with van der Waals surface area (Å²) in [4.78, 5) is 32.5. The summed E-state index contributed by atoms with van der Waals surface area (Å²) in [6, 6.07) is 5.68. The summed E-state index contributed by atoms with van der Waals surface area (Å²) in [5.74, 6) is -0.555. The van der Waals surface area contributed by atoms with Crippen molar-refractivity contribution < 1.29 is 27.5 Å². The number of hydrogen-bond acceptors (Lipinski definition) is 5. The van der Waals surface area contributed by atoms with Crippen molar-refractivity contribution in [2.45, 2.75) is 84.2 Å². The third-order valence-electron chi connectivity index (χ3n) is 8.89. The van der Waals surface area contributed by atoms with Crippen LogP contribution in [0.25, 0.3) is 0 Å². The van der Waals surface area contributed by atoms with E-state index in [4.69, 9.17) is 10.5 Å². The summed E-state index contributed by atoms with van der Waals surface area (Å²) >= 11 is 0. The van der Waals surface area contributed by atoms with Crippen molar-refractivity contribution in [3.63, 3.8) is 0 Å². The van der Waals surface area contributed by atoms with Gasteiger partial charge in [0.2, 0.25) is 11.8 Å². The van der Waals surface area contributed by atoms with Gasteiger partial charge in [-0.15, -0.1) is 0 Å². The Balaban J connectivity index is 1.46. The highest BCUT2D eigenvalue weighted by atomic mass is 19.4. The second kappa shape index (κ2) is 9.51. The first-order chi connectivity index (χ1) is 17.2. The van der Waals surface area contributed by atoms with Crippen LogP contribution in [-0.2, 0) is 9.59 Å². The molecule has 2 amide bonds. The fraction of sp³-hybridized carbons (Fsp3) is 0.667. The molecule has 2 aliphatic heterocycles. The van der Waals surface area contributed by atoms with Gasteiger partial charge in [0, 0.05) is 24.4 Å². The molecule has 0 bridgehead atoms. The molecule has 10 heteroatoms. The Morgan fingerprint density at radius 2 is 1.92 bits per heavy atom. The molecule has 5 atom stereocenters. The third-order valence-corrected chi connectivity index (χ3v) is 8.89. The number of amides is 2. The molecule has 4 rings (SSSR count). The smallest absolute Gasteiger partial charge is 0.425 e. The van der Waals surface area contributed by atoms with Gasteiger partial charge < -0.3 is 15.8 Å². The molecule has 0 radical (unpaired) electrons. The molecule has 0 saturated heterocycles. The molecule has 3 aliphatic rings. The number of nitrogens with zero attached hydrogens (tertiary/aromatic N) is 2. The van der Waals surface area contributed by atoms with Crippen molar-refractivity contribution in [1.29, 1.82) is 0 Å². The normalized spacial score (nSPS) is 29.0. The molecule has 1 fully saturated rings. The summed E-state index contributed by atoms with van der Waals surface area (Å²) in [7, 11) is 0. The van der Waals surface area contributed by atoms with E-state index in [1.54, 1.807) is 25.1 Å². The molecule has 3 N–H and O–H groups in total. The summed E-state index contributed by atoms with van der Waals surface area (Å²) in [6.45, 7) is 10.2. The maximum atomic E-state index is 13.5. The molecule has 2 heterocycles. The van der Waals surface area contributed by atoms with E-state index in [9.17, 15) is 22.8 Å². The summed E-state index contributed by atoms with van der Waals surface area (Å²) in [6.07, 6.45) is -5.16. The molecule has 1 saturated carbocycles. The minimum absolute atomic E-state index is 0.00611. The average molecular weight is 523 g/mol. The standard InChI is InChI=1S/C27H37F3N4O3/c1-6-26(7-2)13-21(35)34(24(31)33-26)14-17-22(25(17,4)5)15(3)23(36)32-18-12-20(27(28,29)30)37-19-11-9-8-10-16(18)19/h8-11,15,17-18,20,22H,6-7,12-14H2,1-5H3,(H2,31,33)(H,32,36)/t15-,17?,18-,20+,22?/m0/s1. The predicted octanol–water partition coefficient (Wildman–Crippen LogP) is 4.57. The van der Waals surface area contributed by atoms with E-state index in [1.165, 1.54) is 11.0 Å². The minimum Gasteiger partial charge on any atom is -0.480 e. The van der Waals surface area contributed by atoms with Gasteiger partial charge in [0.1, 0.15) is 5.75 Å². The fourth-order valence-electron chi connectivity index (χ4n) is 6.25. The first-order valence-electron chi connectivity index (χ1n) is 13.0. The van der Waals surface area contributed by atoms with Gasteiger partial charge >= 0.3 is 6.18 Å². The zero-order valence-corrected chi connectivity index (χ0v) is 22.1. The average Bonchev–Trinajstić information content (AvgIpc) is 3.39. The predicted molar refractivity (Wildman–Crippen MR) is 134 cm³/mol. The van der Waals surface area contributed by atoms with Crippen LogP contribution >= 0.6 is 0 Å². The van der Waals surface area contributed by atoms with Gasteiger partial charge in [-0.2, -0.15) is 13.2 Å². The van der Waals surface area contributed by atoms with Gasteiger partial charge in [0.05, 0.1) is 18.0 Å². The maximum Gasteiger partial charge on any atom is 0.425 e. The van der Waals surface area contributed by atoms with Crippen LogP contribution in [0.5, 0.6) is 5.75 Å². The number of benzene rings is 1. The number of alkyl halides is 3. The van der Waals surface area contributed by atoms with Crippen LogP contribution in [0.3, 0.4) is 0 Å². The molecular formula is C27H37F3N4O3. The van der Waals surface area contributed by atoms with E-state index in [0.717, 1.165) is 12.8 Å². The second-order valence-electron chi connectivity index (χ2n) is 11.3.